The second-order valence-electron chi connectivity index (χ2n) is 6.82. The van der Waals surface area contributed by atoms with Crippen LogP contribution in [0.2, 0.25) is 0 Å². The van der Waals surface area contributed by atoms with Gasteiger partial charge in [0.05, 0.1) is 5.54 Å². The fourth-order valence-corrected chi connectivity index (χ4v) is 4.10. The van der Waals surface area contributed by atoms with Gasteiger partial charge in [0.1, 0.15) is 0 Å². The molecule has 0 bridgehead atoms. The number of carbonyl (C=O) groups excluding carboxylic acids is 1. The van der Waals surface area contributed by atoms with Crippen LogP contribution in [-0.4, -0.2) is 30.3 Å². The molecular formula is C16H29NO. The van der Waals surface area contributed by atoms with Crippen LogP contribution in [0.15, 0.2) is 0 Å². The lowest BCUT2D eigenvalue weighted by atomic mass is 9.69. The van der Waals surface area contributed by atoms with E-state index >= 15 is 0 Å². The first kappa shape index (κ1) is 14.0. The zero-order valence-electron chi connectivity index (χ0n) is 12.4. The normalized spacial score (nSPS) is 32.4. The first-order valence-electron chi connectivity index (χ1n) is 7.78. The van der Waals surface area contributed by atoms with Gasteiger partial charge >= 0.3 is 0 Å². The number of hydrogen-bond acceptors (Lipinski definition) is 2. The molecule has 0 heterocycles. The van der Waals surface area contributed by atoms with E-state index < -0.39 is 0 Å². The highest BCUT2D eigenvalue weighted by molar-refractivity contribution is 5.90. The van der Waals surface area contributed by atoms with Crippen molar-refractivity contribution in [1.29, 1.82) is 0 Å². The van der Waals surface area contributed by atoms with E-state index in [9.17, 15) is 4.79 Å². The second-order valence-corrected chi connectivity index (χ2v) is 6.82. The molecule has 18 heavy (non-hydrogen) atoms. The van der Waals surface area contributed by atoms with E-state index in [0.717, 1.165) is 31.6 Å². The Morgan fingerprint density at radius 1 is 1.06 bits per heavy atom. The minimum absolute atomic E-state index is 0.125. The molecule has 2 rings (SSSR count). The van der Waals surface area contributed by atoms with Gasteiger partial charge in [-0.05, 0) is 45.7 Å². The molecule has 0 amide bonds. The smallest absolute Gasteiger partial charge is 0.156 e. The molecule has 0 N–H and O–H groups in total. The molecule has 0 saturated heterocycles. The average Bonchev–Trinajstić information content (AvgIpc) is 2.38. The second kappa shape index (κ2) is 5.73. The molecule has 2 aliphatic rings. The average molecular weight is 251 g/mol. The molecule has 2 heteroatoms. The van der Waals surface area contributed by atoms with Crippen LogP contribution < -0.4 is 0 Å². The minimum atomic E-state index is -0.125. The van der Waals surface area contributed by atoms with Crippen molar-refractivity contribution < 1.29 is 4.79 Å². The number of carbonyl (C=O) groups is 1. The maximum atomic E-state index is 13.0. The summed E-state index contributed by atoms with van der Waals surface area (Å²) in [6, 6.07) is 0. The third-order valence-electron chi connectivity index (χ3n) is 5.30. The monoisotopic (exact) mass is 251 g/mol. The van der Waals surface area contributed by atoms with Gasteiger partial charge in [0.15, 0.2) is 5.78 Å². The number of likely N-dealkylation sites (N-methyl/N-ethyl adjacent to an activating group) is 1. The maximum absolute atomic E-state index is 13.0. The molecule has 2 aliphatic carbocycles. The minimum Gasteiger partial charge on any atom is -0.297 e. The number of ketones is 1. The summed E-state index contributed by atoms with van der Waals surface area (Å²) in [7, 11) is 4.21. The molecule has 2 unspecified atom stereocenters. The summed E-state index contributed by atoms with van der Waals surface area (Å²) < 4.78 is 0. The van der Waals surface area contributed by atoms with Gasteiger partial charge in [-0.2, -0.15) is 0 Å². The summed E-state index contributed by atoms with van der Waals surface area (Å²) in [4.78, 5) is 15.3. The van der Waals surface area contributed by atoms with Crippen molar-refractivity contribution in [2.24, 2.45) is 11.8 Å². The van der Waals surface area contributed by atoms with Crippen LogP contribution in [-0.2, 0) is 4.79 Å². The Bertz CT molecular complexity index is 291. The van der Waals surface area contributed by atoms with E-state index in [1.54, 1.807) is 0 Å². The molecule has 0 aliphatic heterocycles. The Balaban J connectivity index is 2.12. The van der Waals surface area contributed by atoms with Crippen molar-refractivity contribution in [3.8, 4) is 0 Å². The summed E-state index contributed by atoms with van der Waals surface area (Å²) in [6.07, 6.45) is 10.8. The molecule has 2 nitrogen and oxygen atoms in total. The highest BCUT2D eigenvalue weighted by Crippen LogP contribution is 2.39. The Morgan fingerprint density at radius 2 is 1.72 bits per heavy atom. The lowest BCUT2D eigenvalue weighted by molar-refractivity contribution is -0.137. The molecule has 2 atom stereocenters. The van der Waals surface area contributed by atoms with Crippen LogP contribution in [0.4, 0.5) is 0 Å². The predicted octanol–water partition coefficient (Wildman–Crippen LogP) is 3.65. The predicted molar refractivity (Wildman–Crippen MR) is 75.6 cm³/mol. The van der Waals surface area contributed by atoms with Gasteiger partial charge in [0.2, 0.25) is 0 Å². The highest BCUT2D eigenvalue weighted by atomic mass is 16.1. The van der Waals surface area contributed by atoms with Gasteiger partial charge in [0.25, 0.3) is 0 Å². The Labute approximate surface area is 112 Å². The quantitative estimate of drug-likeness (QED) is 0.763. The molecular weight excluding hydrogens is 222 g/mol. The van der Waals surface area contributed by atoms with Crippen LogP contribution in [0.5, 0.6) is 0 Å². The van der Waals surface area contributed by atoms with Gasteiger partial charge in [-0.3, -0.25) is 9.69 Å². The first-order valence-corrected chi connectivity index (χ1v) is 7.78. The molecule has 104 valence electrons. The molecule has 2 saturated carbocycles. The number of nitrogens with zero attached hydrogens (tertiary/aromatic N) is 1. The third kappa shape index (κ3) is 2.64. The van der Waals surface area contributed by atoms with Gasteiger partial charge < -0.3 is 0 Å². The zero-order valence-corrected chi connectivity index (χ0v) is 12.4. The fourth-order valence-electron chi connectivity index (χ4n) is 4.10. The van der Waals surface area contributed by atoms with Gasteiger partial charge in [-0.1, -0.05) is 39.0 Å². The fraction of sp³-hybridized carbons (Fsp3) is 0.938. The van der Waals surface area contributed by atoms with Crippen LogP contribution in [0.3, 0.4) is 0 Å². The van der Waals surface area contributed by atoms with Gasteiger partial charge in [0, 0.05) is 5.92 Å². The van der Waals surface area contributed by atoms with E-state index in [-0.39, 0.29) is 5.54 Å². The topological polar surface area (TPSA) is 20.3 Å². The van der Waals surface area contributed by atoms with Crippen LogP contribution in [0, 0.1) is 11.8 Å². The molecule has 0 radical (unpaired) electrons. The van der Waals surface area contributed by atoms with Crippen LogP contribution in [0.1, 0.15) is 64.7 Å². The van der Waals surface area contributed by atoms with Crippen molar-refractivity contribution in [2.45, 2.75) is 70.3 Å². The highest BCUT2D eigenvalue weighted by Gasteiger charge is 2.44. The summed E-state index contributed by atoms with van der Waals surface area (Å²) in [5.41, 5.74) is -0.125. The van der Waals surface area contributed by atoms with Gasteiger partial charge in [-0.15, -0.1) is 0 Å². The lowest BCUT2D eigenvalue weighted by Gasteiger charge is -2.44. The standard InChI is InChI=1S/C16H29NO/c1-13-8-7-9-14(12-13)15(18)16(17(2)3)10-5-4-6-11-16/h13-14H,4-12H2,1-3H3. The zero-order chi connectivity index (χ0) is 13.2. The largest absolute Gasteiger partial charge is 0.297 e. The van der Waals surface area contributed by atoms with Crippen molar-refractivity contribution in [3.63, 3.8) is 0 Å². The van der Waals surface area contributed by atoms with Gasteiger partial charge in [-0.25, -0.2) is 0 Å². The number of Topliss-reactive ketones (excluding diaryl/α,β-unsaturated/α-hetero) is 1. The Morgan fingerprint density at radius 3 is 2.28 bits per heavy atom. The van der Waals surface area contributed by atoms with Crippen LogP contribution in [0.25, 0.3) is 0 Å². The molecule has 0 spiro atoms. The summed E-state index contributed by atoms with van der Waals surface area (Å²) in [5.74, 6) is 1.66. The van der Waals surface area contributed by atoms with Crippen molar-refractivity contribution in [1.82, 2.24) is 4.90 Å². The third-order valence-corrected chi connectivity index (χ3v) is 5.30. The number of rotatable bonds is 3. The van der Waals surface area contributed by atoms with Crippen LogP contribution >= 0.6 is 0 Å². The summed E-state index contributed by atoms with van der Waals surface area (Å²) in [6.45, 7) is 2.31. The van der Waals surface area contributed by atoms with Crippen molar-refractivity contribution >= 4 is 5.78 Å². The van der Waals surface area contributed by atoms with E-state index in [2.05, 4.69) is 25.9 Å². The Hall–Kier alpha value is -0.370. The van der Waals surface area contributed by atoms with Crippen molar-refractivity contribution in [2.75, 3.05) is 14.1 Å². The molecule has 0 aromatic heterocycles. The number of hydrogen-bond donors (Lipinski definition) is 0. The van der Waals surface area contributed by atoms with E-state index in [4.69, 9.17) is 0 Å². The first-order chi connectivity index (χ1) is 8.56. The van der Waals surface area contributed by atoms with Crippen molar-refractivity contribution in [3.05, 3.63) is 0 Å². The SMILES string of the molecule is CC1CCCC(C(=O)C2(N(C)C)CCCCC2)C1. The maximum Gasteiger partial charge on any atom is 0.156 e. The summed E-state index contributed by atoms with van der Waals surface area (Å²) >= 11 is 0. The van der Waals surface area contributed by atoms with E-state index in [0.29, 0.717) is 11.7 Å². The lowest BCUT2D eigenvalue weighted by Crippen LogP contribution is -2.55. The van der Waals surface area contributed by atoms with E-state index in [1.807, 2.05) is 0 Å². The molecule has 2 fully saturated rings. The van der Waals surface area contributed by atoms with E-state index in [1.165, 1.54) is 32.1 Å². The molecule has 0 aromatic rings. The Kier molecular flexibility index (Phi) is 4.47. The molecule has 0 aromatic carbocycles. The summed E-state index contributed by atoms with van der Waals surface area (Å²) in [5, 5.41) is 0.